The van der Waals surface area contributed by atoms with Crippen LogP contribution in [-0.2, 0) is 9.53 Å². The van der Waals surface area contributed by atoms with Crippen LogP contribution in [0.3, 0.4) is 0 Å². The van der Waals surface area contributed by atoms with Gasteiger partial charge in [0.2, 0.25) is 0 Å². The maximum Gasteiger partial charge on any atom is 0.303 e. The zero-order valence-electron chi connectivity index (χ0n) is 13.6. The van der Waals surface area contributed by atoms with Crippen LogP contribution in [0.2, 0.25) is 0 Å². The molecule has 5 heteroatoms. The standard InChI is InChI=1S/C20H16FNO2S/c1-13(23)24-19-17-6-4-12-22(17)16-5-2-3-7-18(16)25-20(19)14-8-10-15(21)11-9-14/h2-12,19-20H,1H3. The molecule has 1 aromatic heterocycles. The first kappa shape index (κ1) is 16.0. The highest BCUT2D eigenvalue weighted by Gasteiger charge is 2.34. The number of rotatable bonds is 2. The summed E-state index contributed by atoms with van der Waals surface area (Å²) in [5.74, 6) is -0.619. The average molecular weight is 353 g/mol. The van der Waals surface area contributed by atoms with E-state index in [1.54, 1.807) is 23.9 Å². The quantitative estimate of drug-likeness (QED) is 0.603. The third-order valence-corrected chi connectivity index (χ3v) is 5.59. The monoisotopic (exact) mass is 353 g/mol. The SMILES string of the molecule is CC(=O)OC1c2cccn2-c2ccccc2SC1c1ccc(F)cc1. The number of nitrogens with zero attached hydrogens (tertiary/aromatic N) is 1. The lowest BCUT2D eigenvalue weighted by Crippen LogP contribution is -2.16. The van der Waals surface area contributed by atoms with E-state index < -0.39 is 6.10 Å². The molecule has 0 amide bonds. The third-order valence-electron chi connectivity index (χ3n) is 4.22. The Morgan fingerprint density at radius 2 is 1.84 bits per heavy atom. The molecule has 25 heavy (non-hydrogen) atoms. The Balaban J connectivity index is 1.90. The van der Waals surface area contributed by atoms with Crippen LogP contribution in [0.5, 0.6) is 0 Å². The minimum Gasteiger partial charge on any atom is -0.455 e. The maximum absolute atomic E-state index is 13.4. The first-order chi connectivity index (χ1) is 12.1. The van der Waals surface area contributed by atoms with Gasteiger partial charge in [-0.1, -0.05) is 24.3 Å². The second-order valence-electron chi connectivity index (χ2n) is 5.89. The van der Waals surface area contributed by atoms with E-state index in [1.807, 2.05) is 36.5 Å². The number of carbonyl (C=O) groups excluding carboxylic acids is 1. The number of hydrogen-bond donors (Lipinski definition) is 0. The van der Waals surface area contributed by atoms with Crippen LogP contribution in [0.25, 0.3) is 5.69 Å². The molecule has 0 fully saturated rings. The molecule has 0 saturated heterocycles. The molecule has 4 rings (SSSR count). The molecule has 0 spiro atoms. The molecule has 2 aromatic carbocycles. The molecule has 2 heterocycles. The molecule has 1 aliphatic rings. The van der Waals surface area contributed by atoms with Crippen molar-refractivity contribution in [2.45, 2.75) is 23.2 Å². The van der Waals surface area contributed by atoms with Gasteiger partial charge in [-0.05, 0) is 42.0 Å². The molecule has 2 atom stereocenters. The minimum absolute atomic E-state index is 0.165. The molecule has 0 saturated carbocycles. The molecule has 1 aliphatic heterocycles. The maximum atomic E-state index is 13.4. The molecule has 2 unspecified atom stereocenters. The van der Waals surface area contributed by atoms with Crippen LogP contribution >= 0.6 is 11.8 Å². The highest BCUT2D eigenvalue weighted by atomic mass is 32.2. The van der Waals surface area contributed by atoms with Crippen molar-refractivity contribution in [3.63, 3.8) is 0 Å². The predicted octanol–water partition coefficient (Wildman–Crippen LogP) is 5.07. The number of hydrogen-bond acceptors (Lipinski definition) is 3. The van der Waals surface area contributed by atoms with Crippen molar-refractivity contribution in [3.05, 3.63) is 83.9 Å². The lowest BCUT2D eigenvalue weighted by atomic mass is 10.0. The fraction of sp³-hybridized carbons (Fsp3) is 0.150. The molecule has 0 radical (unpaired) electrons. The number of fused-ring (bicyclic) bond motifs is 3. The zero-order valence-corrected chi connectivity index (χ0v) is 14.4. The van der Waals surface area contributed by atoms with Crippen LogP contribution in [-0.4, -0.2) is 10.5 Å². The van der Waals surface area contributed by atoms with Crippen molar-refractivity contribution in [1.82, 2.24) is 4.57 Å². The Labute approximate surface area is 149 Å². The lowest BCUT2D eigenvalue weighted by molar-refractivity contribution is -0.147. The number of ether oxygens (including phenoxy) is 1. The second-order valence-corrected chi connectivity index (χ2v) is 7.07. The molecule has 0 bridgehead atoms. The Morgan fingerprint density at radius 3 is 2.60 bits per heavy atom. The average Bonchev–Trinajstić information content (AvgIpc) is 3.04. The molecular weight excluding hydrogens is 337 g/mol. The largest absolute Gasteiger partial charge is 0.455 e. The Morgan fingerprint density at radius 1 is 1.08 bits per heavy atom. The van der Waals surface area contributed by atoms with Crippen LogP contribution in [0.15, 0.2) is 71.8 Å². The third kappa shape index (κ3) is 2.96. The van der Waals surface area contributed by atoms with E-state index in [2.05, 4.69) is 10.6 Å². The number of para-hydroxylation sites is 1. The molecule has 3 aromatic rings. The first-order valence-electron chi connectivity index (χ1n) is 7.99. The smallest absolute Gasteiger partial charge is 0.303 e. The zero-order chi connectivity index (χ0) is 17.4. The van der Waals surface area contributed by atoms with Gasteiger partial charge >= 0.3 is 5.97 Å². The Kier molecular flexibility index (Phi) is 4.09. The lowest BCUT2D eigenvalue weighted by Gasteiger charge is -2.25. The van der Waals surface area contributed by atoms with Crippen molar-refractivity contribution >= 4 is 17.7 Å². The topological polar surface area (TPSA) is 31.2 Å². The normalized spacial score (nSPS) is 18.8. The van der Waals surface area contributed by atoms with Crippen molar-refractivity contribution in [2.24, 2.45) is 0 Å². The highest BCUT2D eigenvalue weighted by molar-refractivity contribution is 7.99. The first-order valence-corrected chi connectivity index (χ1v) is 8.87. The summed E-state index contributed by atoms with van der Waals surface area (Å²) in [6.07, 6.45) is 1.51. The molecule has 0 aliphatic carbocycles. The number of benzene rings is 2. The van der Waals surface area contributed by atoms with Crippen LogP contribution in [0, 0.1) is 5.82 Å². The second kappa shape index (κ2) is 6.41. The summed E-state index contributed by atoms with van der Waals surface area (Å²) in [4.78, 5) is 12.8. The minimum atomic E-state index is -0.463. The summed E-state index contributed by atoms with van der Waals surface area (Å²) in [7, 11) is 0. The number of halogens is 1. The summed E-state index contributed by atoms with van der Waals surface area (Å²) in [5, 5.41) is -0.165. The van der Waals surface area contributed by atoms with Gasteiger partial charge < -0.3 is 9.30 Å². The summed E-state index contributed by atoms with van der Waals surface area (Å²) in [5.41, 5.74) is 2.87. The molecule has 126 valence electrons. The number of carbonyl (C=O) groups is 1. The van der Waals surface area contributed by atoms with Crippen LogP contribution < -0.4 is 0 Å². The molecule has 3 nitrogen and oxygen atoms in total. The summed E-state index contributed by atoms with van der Waals surface area (Å²) >= 11 is 1.63. The number of esters is 1. The van der Waals surface area contributed by atoms with Gasteiger partial charge in [0.05, 0.1) is 16.6 Å². The van der Waals surface area contributed by atoms with Crippen molar-refractivity contribution in [2.75, 3.05) is 0 Å². The predicted molar refractivity (Wildman–Crippen MR) is 95.3 cm³/mol. The molecular formula is C20H16FNO2S. The van der Waals surface area contributed by atoms with Gasteiger partial charge in [0.15, 0.2) is 6.10 Å². The van der Waals surface area contributed by atoms with Crippen LogP contribution in [0.1, 0.15) is 29.5 Å². The summed E-state index contributed by atoms with van der Waals surface area (Å²) in [6, 6.07) is 18.4. The van der Waals surface area contributed by atoms with E-state index in [4.69, 9.17) is 4.74 Å². The van der Waals surface area contributed by atoms with E-state index in [0.29, 0.717) is 0 Å². The van der Waals surface area contributed by atoms with E-state index in [0.717, 1.165) is 21.8 Å². The van der Waals surface area contributed by atoms with Crippen LogP contribution in [0.4, 0.5) is 4.39 Å². The van der Waals surface area contributed by atoms with E-state index >= 15 is 0 Å². The summed E-state index contributed by atoms with van der Waals surface area (Å²) in [6.45, 7) is 1.41. The van der Waals surface area contributed by atoms with E-state index in [-0.39, 0.29) is 17.0 Å². The Hall–Kier alpha value is -2.53. The van der Waals surface area contributed by atoms with Gasteiger partial charge in [0.1, 0.15) is 5.82 Å². The van der Waals surface area contributed by atoms with Gasteiger partial charge in [-0.25, -0.2) is 4.39 Å². The van der Waals surface area contributed by atoms with Crippen molar-refractivity contribution in [3.8, 4) is 5.69 Å². The number of aromatic nitrogens is 1. The fourth-order valence-electron chi connectivity index (χ4n) is 3.15. The van der Waals surface area contributed by atoms with Gasteiger partial charge in [-0.2, -0.15) is 0 Å². The van der Waals surface area contributed by atoms with Gasteiger partial charge in [0, 0.05) is 18.0 Å². The van der Waals surface area contributed by atoms with Gasteiger partial charge in [-0.15, -0.1) is 11.8 Å². The Bertz CT molecular complexity index is 919. The summed E-state index contributed by atoms with van der Waals surface area (Å²) < 4.78 is 21.1. The van der Waals surface area contributed by atoms with E-state index in [9.17, 15) is 9.18 Å². The fourth-order valence-corrected chi connectivity index (χ4v) is 4.48. The highest BCUT2D eigenvalue weighted by Crippen LogP contribution is 2.50. The van der Waals surface area contributed by atoms with E-state index in [1.165, 1.54) is 19.1 Å². The van der Waals surface area contributed by atoms with Crippen molar-refractivity contribution < 1.29 is 13.9 Å². The molecule has 0 N–H and O–H groups in total. The number of thioether (sulfide) groups is 1. The van der Waals surface area contributed by atoms with Gasteiger partial charge in [0.25, 0.3) is 0 Å². The van der Waals surface area contributed by atoms with Crippen molar-refractivity contribution in [1.29, 1.82) is 0 Å². The van der Waals surface area contributed by atoms with Gasteiger partial charge in [-0.3, -0.25) is 4.79 Å².